The van der Waals surface area contributed by atoms with Crippen LogP contribution in [0.4, 0.5) is 0 Å². The molecule has 5 heterocycles. The summed E-state index contributed by atoms with van der Waals surface area (Å²) >= 11 is 0. The molecule has 0 saturated heterocycles. The molecule has 0 radical (unpaired) electrons. The van der Waals surface area contributed by atoms with Crippen LogP contribution in [-0.2, 0) is 20.5 Å². The molecular weight excluding hydrogens is 323 g/mol. The SMILES string of the molecule is C[n+]1cncc2c1B1c3c(ncnc3-c3cccc4nc[n+](C)c1c34)C2. The van der Waals surface area contributed by atoms with Crippen LogP contribution in [0.2, 0.25) is 0 Å². The van der Waals surface area contributed by atoms with Gasteiger partial charge in [0.25, 0.3) is 12.7 Å². The topological polar surface area (TPSA) is 59.3 Å². The Morgan fingerprint density at radius 1 is 1.00 bits per heavy atom. The molecule has 0 bridgehead atoms. The average Bonchev–Trinajstić information content (AvgIpc) is 2.66. The lowest BCUT2D eigenvalue weighted by molar-refractivity contribution is -0.661. The van der Waals surface area contributed by atoms with Gasteiger partial charge in [-0.25, -0.2) is 19.1 Å². The van der Waals surface area contributed by atoms with Crippen LogP contribution in [0.5, 0.6) is 0 Å². The van der Waals surface area contributed by atoms with E-state index in [0.717, 1.165) is 28.9 Å². The molecule has 2 aliphatic rings. The maximum atomic E-state index is 4.70. The van der Waals surface area contributed by atoms with Gasteiger partial charge in [-0.1, -0.05) is 17.1 Å². The molecule has 6 nitrogen and oxygen atoms in total. The van der Waals surface area contributed by atoms with E-state index in [4.69, 9.17) is 4.98 Å². The largest absolute Gasteiger partial charge is 0.347 e. The number of nitrogens with zero attached hydrogens (tertiary/aromatic N) is 6. The van der Waals surface area contributed by atoms with E-state index >= 15 is 0 Å². The quantitative estimate of drug-likeness (QED) is 0.249. The molecule has 7 heteroatoms. The zero-order chi connectivity index (χ0) is 17.4. The van der Waals surface area contributed by atoms with Gasteiger partial charge in [-0.05, 0) is 16.5 Å². The van der Waals surface area contributed by atoms with E-state index in [9.17, 15) is 0 Å². The monoisotopic (exact) mass is 338 g/mol. The van der Waals surface area contributed by atoms with Gasteiger partial charge < -0.3 is 0 Å². The number of rotatable bonds is 0. The highest BCUT2D eigenvalue weighted by molar-refractivity contribution is 6.97. The molecule has 4 aromatic rings. The summed E-state index contributed by atoms with van der Waals surface area (Å²) in [7, 11) is 4.14. The average molecular weight is 338 g/mol. The second-order valence-corrected chi connectivity index (χ2v) is 7.05. The number of hydrogen-bond donors (Lipinski definition) is 0. The molecule has 122 valence electrons. The minimum atomic E-state index is 0.0864. The van der Waals surface area contributed by atoms with Gasteiger partial charge in [-0.15, -0.1) is 0 Å². The molecule has 0 spiro atoms. The fraction of sp³-hybridized carbons (Fsp3) is 0.158. The molecule has 0 unspecified atom stereocenters. The fourth-order valence-electron chi connectivity index (χ4n) is 4.63. The van der Waals surface area contributed by atoms with Gasteiger partial charge in [-0.2, -0.15) is 0 Å². The third-order valence-corrected chi connectivity index (χ3v) is 5.64. The van der Waals surface area contributed by atoms with Crippen LogP contribution < -0.4 is 25.8 Å². The third kappa shape index (κ3) is 1.58. The lowest BCUT2D eigenvalue weighted by Crippen LogP contribution is -2.74. The van der Waals surface area contributed by atoms with Gasteiger partial charge in [0.2, 0.25) is 0 Å². The van der Waals surface area contributed by atoms with Crippen LogP contribution in [-0.4, -0.2) is 26.6 Å². The van der Waals surface area contributed by atoms with Crippen LogP contribution in [0, 0.1) is 0 Å². The Balaban J connectivity index is 1.87. The van der Waals surface area contributed by atoms with Crippen molar-refractivity contribution in [1.29, 1.82) is 0 Å². The minimum Gasteiger partial charge on any atom is -0.245 e. The van der Waals surface area contributed by atoms with Crippen molar-refractivity contribution < 1.29 is 9.13 Å². The van der Waals surface area contributed by atoms with Crippen molar-refractivity contribution in [3.63, 3.8) is 0 Å². The molecule has 26 heavy (non-hydrogen) atoms. The second kappa shape index (κ2) is 4.69. The van der Waals surface area contributed by atoms with E-state index in [1.54, 1.807) is 6.33 Å². The molecule has 6 rings (SSSR count). The first-order chi connectivity index (χ1) is 12.7. The van der Waals surface area contributed by atoms with Crippen molar-refractivity contribution in [2.24, 2.45) is 14.1 Å². The summed E-state index contributed by atoms with van der Waals surface area (Å²) in [5.74, 6) is 0. The molecule has 1 aromatic carbocycles. The fourth-order valence-corrected chi connectivity index (χ4v) is 4.63. The Labute approximate surface area is 150 Å². The van der Waals surface area contributed by atoms with Crippen molar-refractivity contribution in [2.75, 3.05) is 0 Å². The van der Waals surface area contributed by atoms with Crippen LogP contribution >= 0.6 is 0 Å². The highest BCUT2D eigenvalue weighted by atomic mass is 15.0. The third-order valence-electron chi connectivity index (χ3n) is 5.64. The van der Waals surface area contributed by atoms with Crippen LogP contribution in [0.3, 0.4) is 0 Å². The van der Waals surface area contributed by atoms with Gasteiger partial charge in [0, 0.05) is 23.2 Å². The number of fused-ring (bicyclic) bond motifs is 4. The smallest absolute Gasteiger partial charge is 0.245 e. The molecule has 0 atom stereocenters. The van der Waals surface area contributed by atoms with Crippen molar-refractivity contribution in [3.8, 4) is 11.3 Å². The minimum absolute atomic E-state index is 0.0864. The first-order valence-corrected chi connectivity index (χ1v) is 8.68. The lowest BCUT2D eigenvalue weighted by Gasteiger charge is -2.29. The zero-order valence-corrected chi connectivity index (χ0v) is 14.5. The summed E-state index contributed by atoms with van der Waals surface area (Å²) in [4.78, 5) is 18.4. The Kier molecular flexibility index (Phi) is 2.53. The molecule has 0 fully saturated rings. The number of aromatic nitrogens is 6. The van der Waals surface area contributed by atoms with E-state index in [0.29, 0.717) is 0 Å². The Morgan fingerprint density at radius 2 is 1.88 bits per heavy atom. The van der Waals surface area contributed by atoms with Gasteiger partial charge in [0.1, 0.15) is 12.5 Å². The van der Waals surface area contributed by atoms with E-state index < -0.39 is 0 Å². The van der Waals surface area contributed by atoms with Crippen LogP contribution in [0.25, 0.3) is 22.2 Å². The molecule has 0 amide bonds. The maximum absolute atomic E-state index is 4.70. The first kappa shape index (κ1) is 14.0. The van der Waals surface area contributed by atoms with E-state index in [2.05, 4.69) is 56.4 Å². The maximum Gasteiger partial charge on any atom is 0.347 e. The number of benzene rings is 1. The summed E-state index contributed by atoms with van der Waals surface area (Å²) in [6.45, 7) is 0.0864. The van der Waals surface area contributed by atoms with Crippen molar-refractivity contribution >= 4 is 34.3 Å². The van der Waals surface area contributed by atoms with Gasteiger partial charge >= 0.3 is 6.71 Å². The van der Waals surface area contributed by atoms with Crippen molar-refractivity contribution in [1.82, 2.24) is 19.9 Å². The lowest BCUT2D eigenvalue weighted by atomic mass is 9.34. The Hall–Kier alpha value is -3.22. The summed E-state index contributed by atoms with van der Waals surface area (Å²) in [6, 6.07) is 6.28. The predicted molar refractivity (Wildman–Crippen MR) is 96.8 cm³/mol. The second-order valence-electron chi connectivity index (χ2n) is 7.05. The van der Waals surface area contributed by atoms with Crippen LogP contribution in [0.1, 0.15) is 11.3 Å². The molecule has 3 aromatic heterocycles. The van der Waals surface area contributed by atoms with E-state index in [1.165, 1.54) is 27.6 Å². The number of aryl methyl sites for hydroxylation is 2. The summed E-state index contributed by atoms with van der Waals surface area (Å²) < 4.78 is 4.28. The number of hydrogen-bond acceptors (Lipinski definition) is 4. The molecule has 0 N–H and O–H groups in total. The predicted octanol–water partition coefficient (Wildman–Crippen LogP) is -1.53. The highest BCUT2D eigenvalue weighted by Gasteiger charge is 2.46. The molecule has 2 aliphatic heterocycles. The molecule has 0 aliphatic carbocycles. The highest BCUT2D eigenvalue weighted by Crippen LogP contribution is 2.29. The van der Waals surface area contributed by atoms with Gasteiger partial charge in [-0.3, -0.25) is 0 Å². The van der Waals surface area contributed by atoms with Gasteiger partial charge in [0.05, 0.1) is 36.4 Å². The Morgan fingerprint density at radius 3 is 2.81 bits per heavy atom. The van der Waals surface area contributed by atoms with E-state index in [1.807, 2.05) is 18.9 Å². The normalized spacial score (nSPS) is 13.5. The van der Waals surface area contributed by atoms with Crippen molar-refractivity contribution in [2.45, 2.75) is 6.42 Å². The summed E-state index contributed by atoms with van der Waals surface area (Å²) in [6.07, 6.45) is 8.24. The van der Waals surface area contributed by atoms with E-state index in [-0.39, 0.29) is 6.71 Å². The van der Waals surface area contributed by atoms with Crippen molar-refractivity contribution in [3.05, 3.63) is 54.6 Å². The standard InChI is InChI=1S/C19H15BN6/c1-25-9-21-7-11-6-14-16-17(23-8-22-14)12-4-3-5-13-15(12)19(20(16)18(11)25)26(2)10-24-13/h3-5,7-10H,6H2,1-2H3/q+2. The molecular formula is C19H15BN6+2. The van der Waals surface area contributed by atoms with Gasteiger partial charge in [0.15, 0.2) is 5.52 Å². The Bertz CT molecular complexity index is 1250. The molecule has 0 saturated carbocycles. The first-order valence-electron chi connectivity index (χ1n) is 8.68. The summed E-state index contributed by atoms with van der Waals surface area (Å²) in [5, 5.41) is 1.18. The summed E-state index contributed by atoms with van der Waals surface area (Å²) in [5.41, 5.74) is 9.25. The van der Waals surface area contributed by atoms with Crippen LogP contribution in [0.15, 0.2) is 43.4 Å². The zero-order valence-electron chi connectivity index (χ0n) is 14.5.